The topological polar surface area (TPSA) is 52.4 Å². The van der Waals surface area contributed by atoms with Crippen molar-refractivity contribution in [2.24, 2.45) is 0 Å². The molecule has 0 saturated heterocycles. The van der Waals surface area contributed by atoms with E-state index in [0.717, 1.165) is 4.57 Å². The molecule has 0 unspecified atom stereocenters. The average molecular weight is 308 g/mol. The Balaban J connectivity index is 2.01. The summed E-state index contributed by atoms with van der Waals surface area (Å²) in [7, 11) is 0. The van der Waals surface area contributed by atoms with Gasteiger partial charge in [0.05, 0.1) is 13.1 Å². The van der Waals surface area contributed by atoms with Gasteiger partial charge in [-0.3, -0.25) is 4.90 Å². The maximum atomic E-state index is 12.7. The second kappa shape index (κ2) is 6.71. The number of rotatable bonds is 6. The molecule has 1 aliphatic rings. The lowest BCUT2D eigenvalue weighted by Crippen LogP contribution is -2.41. The van der Waals surface area contributed by atoms with Gasteiger partial charge in [0, 0.05) is 26.3 Å². The first-order valence-electron chi connectivity index (χ1n) is 6.90. The van der Waals surface area contributed by atoms with Crippen molar-refractivity contribution in [1.29, 1.82) is 0 Å². The zero-order valence-electron chi connectivity index (χ0n) is 12.1. The highest BCUT2D eigenvalue weighted by Crippen LogP contribution is 2.29. The molecule has 0 amide bonds. The maximum Gasteiger partial charge on any atom is 0.451 e. The molecule has 0 bridgehead atoms. The van der Waals surface area contributed by atoms with E-state index in [2.05, 4.69) is 10.2 Å². The van der Waals surface area contributed by atoms with Crippen LogP contribution < -0.4 is 0 Å². The third-order valence-electron chi connectivity index (χ3n) is 3.20. The number of hydrogen-bond acceptors (Lipinski definition) is 5. The molecule has 21 heavy (non-hydrogen) atoms. The van der Waals surface area contributed by atoms with Crippen LogP contribution in [0.1, 0.15) is 25.5 Å². The van der Waals surface area contributed by atoms with E-state index in [-0.39, 0.29) is 12.8 Å². The van der Waals surface area contributed by atoms with E-state index in [4.69, 9.17) is 9.47 Å². The number of alkyl halides is 3. The lowest BCUT2D eigenvalue weighted by atomic mass is 10.3. The number of aromatic nitrogens is 3. The third-order valence-corrected chi connectivity index (χ3v) is 3.20. The number of hydrogen-bond donors (Lipinski definition) is 0. The van der Waals surface area contributed by atoms with E-state index in [1.54, 1.807) is 0 Å². The van der Waals surface area contributed by atoms with Gasteiger partial charge in [-0.25, -0.2) is 0 Å². The Morgan fingerprint density at radius 1 is 1.14 bits per heavy atom. The third kappa shape index (κ3) is 3.92. The normalized spacial score (nSPS) is 16.5. The molecule has 6 nitrogen and oxygen atoms in total. The minimum absolute atomic E-state index is 0.210. The zero-order valence-corrected chi connectivity index (χ0v) is 12.1. The van der Waals surface area contributed by atoms with Crippen LogP contribution in [-0.2, 0) is 28.7 Å². The minimum Gasteiger partial charge on any atom is -0.352 e. The van der Waals surface area contributed by atoms with Gasteiger partial charge in [0.15, 0.2) is 6.29 Å². The highest BCUT2D eigenvalue weighted by molar-refractivity contribution is 5.02. The quantitative estimate of drug-likeness (QED) is 0.746. The van der Waals surface area contributed by atoms with E-state index < -0.39 is 12.0 Å². The monoisotopic (exact) mass is 308 g/mol. The van der Waals surface area contributed by atoms with Crippen LogP contribution in [0.3, 0.4) is 0 Å². The van der Waals surface area contributed by atoms with Gasteiger partial charge in [0.2, 0.25) is 5.82 Å². The molecule has 0 spiro atoms. The molecule has 0 aliphatic carbocycles. The fourth-order valence-corrected chi connectivity index (χ4v) is 2.31. The predicted molar refractivity (Wildman–Crippen MR) is 67.3 cm³/mol. The van der Waals surface area contributed by atoms with Crippen molar-refractivity contribution >= 4 is 0 Å². The SMILES string of the molecule is CCOC(CN1CCn2c(nnc2C(F)(F)F)C1)OCC. The highest BCUT2D eigenvalue weighted by atomic mass is 19.4. The van der Waals surface area contributed by atoms with Gasteiger partial charge in [-0.1, -0.05) is 0 Å². The lowest BCUT2D eigenvalue weighted by Gasteiger charge is -2.30. The van der Waals surface area contributed by atoms with Crippen LogP contribution in [0.5, 0.6) is 0 Å². The van der Waals surface area contributed by atoms with E-state index in [1.165, 1.54) is 0 Å². The molecule has 2 rings (SSSR count). The summed E-state index contributed by atoms with van der Waals surface area (Å²) in [5.41, 5.74) is 0. The van der Waals surface area contributed by atoms with E-state index >= 15 is 0 Å². The lowest BCUT2D eigenvalue weighted by molar-refractivity contribution is -0.153. The maximum absolute atomic E-state index is 12.7. The van der Waals surface area contributed by atoms with Crippen LogP contribution in [0, 0.1) is 0 Å². The first kappa shape index (κ1) is 16.2. The largest absolute Gasteiger partial charge is 0.451 e. The fraction of sp³-hybridized carbons (Fsp3) is 0.833. The van der Waals surface area contributed by atoms with Crippen LogP contribution in [0.15, 0.2) is 0 Å². The van der Waals surface area contributed by atoms with Crippen LogP contribution in [-0.4, -0.2) is 52.3 Å². The van der Waals surface area contributed by atoms with Crippen LogP contribution >= 0.6 is 0 Å². The summed E-state index contributed by atoms with van der Waals surface area (Å²) in [5.74, 6) is -0.608. The number of fused-ring (bicyclic) bond motifs is 1. The molecule has 0 fully saturated rings. The average Bonchev–Trinajstić information content (AvgIpc) is 2.82. The molecule has 120 valence electrons. The highest BCUT2D eigenvalue weighted by Gasteiger charge is 2.39. The number of ether oxygens (including phenoxy) is 2. The van der Waals surface area contributed by atoms with E-state index in [1.807, 2.05) is 18.7 Å². The minimum atomic E-state index is -4.47. The van der Waals surface area contributed by atoms with Crippen molar-refractivity contribution in [3.63, 3.8) is 0 Å². The van der Waals surface area contributed by atoms with Crippen molar-refractivity contribution in [2.75, 3.05) is 26.3 Å². The second-order valence-corrected chi connectivity index (χ2v) is 4.66. The smallest absolute Gasteiger partial charge is 0.352 e. The molecule has 9 heteroatoms. The Kier molecular flexibility index (Phi) is 5.17. The van der Waals surface area contributed by atoms with Gasteiger partial charge >= 0.3 is 6.18 Å². The van der Waals surface area contributed by atoms with Crippen molar-refractivity contribution in [1.82, 2.24) is 19.7 Å². The fourth-order valence-electron chi connectivity index (χ4n) is 2.31. The van der Waals surface area contributed by atoms with Crippen LogP contribution in [0.25, 0.3) is 0 Å². The Morgan fingerprint density at radius 2 is 1.81 bits per heavy atom. The molecular formula is C12H19F3N4O2. The molecule has 1 aromatic rings. The van der Waals surface area contributed by atoms with Crippen molar-refractivity contribution in [3.05, 3.63) is 11.6 Å². The molecule has 1 aliphatic heterocycles. The standard InChI is InChI=1S/C12H19F3N4O2/c1-3-20-10(21-4-2)8-18-5-6-19-9(7-18)16-17-11(19)12(13,14)15/h10H,3-8H2,1-2H3. The summed E-state index contributed by atoms with van der Waals surface area (Å²) in [6, 6.07) is 0. The number of halogens is 3. The molecule has 0 N–H and O–H groups in total. The van der Waals surface area contributed by atoms with Gasteiger partial charge in [-0.2, -0.15) is 13.2 Å². The van der Waals surface area contributed by atoms with E-state index in [0.29, 0.717) is 38.7 Å². The van der Waals surface area contributed by atoms with Gasteiger partial charge < -0.3 is 14.0 Å². The van der Waals surface area contributed by atoms with E-state index in [9.17, 15) is 13.2 Å². The molecule has 0 atom stereocenters. The Labute approximate surface area is 120 Å². The summed E-state index contributed by atoms with van der Waals surface area (Å²) in [6.45, 7) is 6.27. The molecule has 1 aromatic heterocycles. The van der Waals surface area contributed by atoms with Crippen molar-refractivity contribution < 1.29 is 22.6 Å². The molecule has 2 heterocycles. The summed E-state index contributed by atoms with van der Waals surface area (Å²) >= 11 is 0. The van der Waals surface area contributed by atoms with Gasteiger partial charge in [0.25, 0.3) is 0 Å². The van der Waals surface area contributed by atoms with Gasteiger partial charge in [-0.15, -0.1) is 10.2 Å². The predicted octanol–water partition coefficient (Wildman–Crippen LogP) is 1.51. The first-order chi connectivity index (χ1) is 9.95. The van der Waals surface area contributed by atoms with Gasteiger partial charge in [-0.05, 0) is 13.8 Å². The second-order valence-electron chi connectivity index (χ2n) is 4.66. The van der Waals surface area contributed by atoms with Gasteiger partial charge in [0.1, 0.15) is 5.82 Å². The Morgan fingerprint density at radius 3 is 2.38 bits per heavy atom. The number of nitrogens with zero attached hydrogens (tertiary/aromatic N) is 4. The molecule has 0 saturated carbocycles. The summed E-state index contributed by atoms with van der Waals surface area (Å²) in [4.78, 5) is 1.96. The van der Waals surface area contributed by atoms with Crippen LogP contribution in [0.2, 0.25) is 0 Å². The van der Waals surface area contributed by atoms with Crippen LogP contribution in [0.4, 0.5) is 13.2 Å². The summed E-state index contributed by atoms with van der Waals surface area (Å²) in [5, 5.41) is 6.90. The Bertz CT molecular complexity index is 458. The van der Waals surface area contributed by atoms with Crippen molar-refractivity contribution in [2.45, 2.75) is 39.4 Å². The molecule has 0 radical (unpaired) electrons. The zero-order chi connectivity index (χ0) is 15.5. The summed E-state index contributed by atoms with van der Waals surface area (Å²) < 4.78 is 50.2. The Hall–Kier alpha value is -1.19. The molecule has 0 aromatic carbocycles. The summed E-state index contributed by atoms with van der Waals surface area (Å²) in [6.07, 6.45) is -4.84. The molecular weight excluding hydrogens is 289 g/mol. The van der Waals surface area contributed by atoms with Crippen molar-refractivity contribution in [3.8, 4) is 0 Å². The first-order valence-corrected chi connectivity index (χ1v) is 6.90.